The third-order valence-electron chi connectivity index (χ3n) is 8.29. The molecule has 1 spiro atoms. The Morgan fingerprint density at radius 3 is 2.54 bits per heavy atom. The minimum atomic E-state index is -4.62. The Labute approximate surface area is 234 Å². The first-order valence-corrected chi connectivity index (χ1v) is 13.4. The van der Waals surface area contributed by atoms with Crippen LogP contribution in [0.3, 0.4) is 0 Å². The lowest BCUT2D eigenvalue weighted by Crippen LogP contribution is -2.49. The van der Waals surface area contributed by atoms with Crippen LogP contribution in [0.4, 0.5) is 29.3 Å². The third kappa shape index (κ3) is 4.29. The van der Waals surface area contributed by atoms with Crippen molar-refractivity contribution in [1.82, 2.24) is 4.90 Å². The first-order chi connectivity index (χ1) is 19.3. The number of fused-ring (bicyclic) bond motifs is 4. The molecule has 0 bridgehead atoms. The van der Waals surface area contributed by atoms with E-state index in [1.165, 1.54) is 15.9 Å². The molecule has 4 heterocycles. The molecule has 0 aliphatic carbocycles. The van der Waals surface area contributed by atoms with E-state index in [1.54, 1.807) is 12.1 Å². The van der Waals surface area contributed by atoms with Gasteiger partial charge in [0, 0.05) is 35.6 Å². The Morgan fingerprint density at radius 2 is 1.85 bits per heavy atom. The number of rotatable bonds is 4. The van der Waals surface area contributed by atoms with Crippen molar-refractivity contribution in [2.45, 2.75) is 57.4 Å². The van der Waals surface area contributed by atoms with E-state index in [0.717, 1.165) is 11.8 Å². The number of para-hydroxylation sites is 1. The predicted octanol–water partition coefficient (Wildman–Crippen LogP) is 6.10. The summed E-state index contributed by atoms with van der Waals surface area (Å²) >= 11 is 0. The molecular formula is C30H30F3N3O5. The molecule has 0 radical (unpaired) electrons. The topological polar surface area (TPSA) is 95.3 Å². The highest BCUT2D eigenvalue weighted by molar-refractivity contribution is 6.11. The van der Waals surface area contributed by atoms with Crippen molar-refractivity contribution in [3.63, 3.8) is 0 Å². The van der Waals surface area contributed by atoms with Crippen LogP contribution >= 0.6 is 0 Å². The largest absolute Gasteiger partial charge is 0.491 e. The van der Waals surface area contributed by atoms with Crippen LogP contribution in [0.1, 0.15) is 49.8 Å². The first kappa shape index (κ1) is 27.0. The number of alkyl halides is 3. The molecule has 2 unspecified atom stereocenters. The summed E-state index contributed by atoms with van der Waals surface area (Å²) in [5, 5.41) is 13.2. The highest BCUT2D eigenvalue weighted by Gasteiger charge is 2.57. The van der Waals surface area contributed by atoms with Crippen molar-refractivity contribution in [2.75, 3.05) is 23.4 Å². The number of benzene rings is 2. The maximum Gasteiger partial charge on any atom is 0.449 e. The minimum absolute atomic E-state index is 0.0246. The normalized spacial score (nSPS) is 23.6. The van der Waals surface area contributed by atoms with Crippen molar-refractivity contribution in [3.05, 3.63) is 77.2 Å². The first-order valence-electron chi connectivity index (χ1n) is 13.4. The molecule has 3 aromatic rings. The van der Waals surface area contributed by atoms with Gasteiger partial charge in [-0.05, 0) is 41.7 Å². The summed E-state index contributed by atoms with van der Waals surface area (Å²) in [4.78, 5) is 28.9. The number of furan rings is 1. The number of carboxylic acid groups (broad SMARTS) is 1. The molecule has 2 aromatic carbocycles. The highest BCUT2D eigenvalue weighted by Crippen LogP contribution is 2.53. The van der Waals surface area contributed by atoms with Crippen LogP contribution in [0, 0.1) is 5.41 Å². The van der Waals surface area contributed by atoms with Crippen molar-refractivity contribution >= 4 is 23.4 Å². The van der Waals surface area contributed by atoms with Gasteiger partial charge >= 0.3 is 12.3 Å². The van der Waals surface area contributed by atoms with Crippen molar-refractivity contribution in [3.8, 4) is 5.75 Å². The van der Waals surface area contributed by atoms with Crippen LogP contribution in [0.2, 0.25) is 0 Å². The molecule has 11 heteroatoms. The predicted molar refractivity (Wildman–Crippen MR) is 144 cm³/mol. The number of nitrogens with one attached hydrogen (secondary N) is 1. The number of anilines is 2. The van der Waals surface area contributed by atoms with E-state index in [2.05, 4.69) is 5.32 Å². The summed E-state index contributed by atoms with van der Waals surface area (Å²) in [5.41, 5.74) is 1.29. The number of ether oxygens (including phenoxy) is 1. The Bertz CT molecular complexity index is 1530. The number of carbonyl (C=O) groups excluding carboxylic acids is 1. The Balaban J connectivity index is 1.30. The van der Waals surface area contributed by atoms with Gasteiger partial charge in [0.1, 0.15) is 23.5 Å². The van der Waals surface area contributed by atoms with Crippen LogP contribution < -0.4 is 15.0 Å². The second-order valence-electron chi connectivity index (χ2n) is 11.9. The van der Waals surface area contributed by atoms with Gasteiger partial charge in [-0.3, -0.25) is 4.79 Å². The van der Waals surface area contributed by atoms with Gasteiger partial charge in [-0.25, -0.2) is 4.79 Å². The summed E-state index contributed by atoms with van der Waals surface area (Å²) in [7, 11) is 0. The fraction of sp³-hybridized carbons (Fsp3) is 0.400. The SMILES string of the molecule is CC(C)(C)C1[C@H](Nc2ccc3c(c2)OCC32C(=O)N(Cc3ccc(C(F)(F)F)o3)c3ccccc32)CCN1C(=O)O. The highest BCUT2D eigenvalue weighted by atomic mass is 19.4. The monoisotopic (exact) mass is 569 g/mol. The molecule has 216 valence electrons. The quantitative estimate of drug-likeness (QED) is 0.394. The lowest BCUT2D eigenvalue weighted by Gasteiger charge is -2.37. The van der Waals surface area contributed by atoms with Crippen LogP contribution in [0.5, 0.6) is 5.75 Å². The van der Waals surface area contributed by atoms with Gasteiger partial charge in [-0.2, -0.15) is 13.2 Å². The zero-order valence-corrected chi connectivity index (χ0v) is 22.8. The molecule has 6 rings (SSSR count). The van der Waals surface area contributed by atoms with Gasteiger partial charge in [-0.15, -0.1) is 0 Å². The number of likely N-dealkylation sites (tertiary alicyclic amines) is 1. The Hall–Kier alpha value is -4.15. The molecular weight excluding hydrogens is 539 g/mol. The third-order valence-corrected chi connectivity index (χ3v) is 8.29. The minimum Gasteiger partial charge on any atom is -0.491 e. The molecule has 3 aliphatic rings. The molecule has 1 fully saturated rings. The maximum absolute atomic E-state index is 14.1. The zero-order valence-electron chi connectivity index (χ0n) is 22.8. The molecule has 41 heavy (non-hydrogen) atoms. The molecule has 0 saturated carbocycles. The zero-order chi connectivity index (χ0) is 29.3. The van der Waals surface area contributed by atoms with Crippen LogP contribution in [0.15, 0.2) is 59.0 Å². The van der Waals surface area contributed by atoms with E-state index < -0.39 is 23.4 Å². The summed E-state index contributed by atoms with van der Waals surface area (Å²) in [6.45, 7) is 6.38. The fourth-order valence-electron chi connectivity index (χ4n) is 6.64. The Kier molecular flexibility index (Phi) is 6.06. The van der Waals surface area contributed by atoms with Gasteiger partial charge in [-0.1, -0.05) is 45.0 Å². The van der Waals surface area contributed by atoms with E-state index in [-0.39, 0.29) is 42.3 Å². The smallest absolute Gasteiger partial charge is 0.449 e. The lowest BCUT2D eigenvalue weighted by molar-refractivity contribution is -0.153. The molecule has 1 aromatic heterocycles. The van der Waals surface area contributed by atoms with Gasteiger partial charge < -0.3 is 29.4 Å². The molecule has 1 saturated heterocycles. The van der Waals surface area contributed by atoms with Crippen LogP contribution in [0.25, 0.3) is 0 Å². The summed E-state index contributed by atoms with van der Waals surface area (Å²) in [6, 6.07) is 14.5. The van der Waals surface area contributed by atoms with Crippen LogP contribution in [-0.4, -0.2) is 47.2 Å². The standard InChI is InChI=1S/C30H30F3N3O5/c1-28(2,3)25-21(12-13-35(25)27(38)39)34-17-8-10-20-23(14-17)40-16-29(20)19-6-4-5-7-22(19)36(26(29)37)15-18-9-11-24(41-18)30(31,32)33/h4-11,14,21,25,34H,12-13,15-16H2,1-3H3,(H,38,39)/t21-,25?,29?/m1/s1. The van der Waals surface area contributed by atoms with Gasteiger partial charge in [0.25, 0.3) is 0 Å². The van der Waals surface area contributed by atoms with E-state index in [0.29, 0.717) is 35.5 Å². The van der Waals surface area contributed by atoms with Crippen molar-refractivity contribution in [1.29, 1.82) is 0 Å². The lowest BCUT2D eigenvalue weighted by atomic mass is 9.77. The van der Waals surface area contributed by atoms with E-state index in [1.807, 2.05) is 51.1 Å². The molecule has 8 nitrogen and oxygen atoms in total. The Morgan fingerprint density at radius 1 is 1.10 bits per heavy atom. The number of carbonyl (C=O) groups is 2. The van der Waals surface area contributed by atoms with Gasteiger partial charge in [0.15, 0.2) is 0 Å². The summed E-state index contributed by atoms with van der Waals surface area (Å²) in [6.07, 6.45) is -4.91. The summed E-state index contributed by atoms with van der Waals surface area (Å²) < 4.78 is 50.5. The van der Waals surface area contributed by atoms with Gasteiger partial charge in [0.05, 0.1) is 12.6 Å². The number of nitrogens with zero attached hydrogens (tertiary/aromatic N) is 2. The molecule has 3 atom stereocenters. The number of hydrogen-bond donors (Lipinski definition) is 2. The molecule has 3 aliphatic heterocycles. The van der Waals surface area contributed by atoms with E-state index in [9.17, 15) is 27.9 Å². The fourth-order valence-corrected chi connectivity index (χ4v) is 6.64. The number of hydrogen-bond acceptors (Lipinski definition) is 5. The average Bonchev–Trinajstić information content (AvgIpc) is 3.67. The van der Waals surface area contributed by atoms with Crippen molar-refractivity contribution in [2.24, 2.45) is 5.41 Å². The summed E-state index contributed by atoms with van der Waals surface area (Å²) in [5.74, 6) is -0.864. The van der Waals surface area contributed by atoms with E-state index >= 15 is 0 Å². The second kappa shape index (κ2) is 9.19. The van der Waals surface area contributed by atoms with Crippen LogP contribution in [-0.2, 0) is 22.9 Å². The average molecular weight is 570 g/mol. The number of amides is 2. The second-order valence-corrected chi connectivity index (χ2v) is 11.9. The van der Waals surface area contributed by atoms with Crippen molar-refractivity contribution < 1.29 is 37.0 Å². The number of halogens is 3. The van der Waals surface area contributed by atoms with E-state index in [4.69, 9.17) is 9.15 Å². The van der Waals surface area contributed by atoms with Gasteiger partial charge in [0.2, 0.25) is 11.7 Å². The molecule has 2 N–H and O–H groups in total. The molecule has 2 amide bonds. The maximum atomic E-state index is 14.1.